The predicted molar refractivity (Wildman–Crippen MR) is 101 cm³/mol. The molecule has 24 heavy (non-hydrogen) atoms. The minimum absolute atomic E-state index is 0.135. The molecule has 0 bridgehead atoms. The molecule has 4 unspecified atom stereocenters. The van der Waals surface area contributed by atoms with Gasteiger partial charge < -0.3 is 9.31 Å². The summed E-state index contributed by atoms with van der Waals surface area (Å²) in [7, 11) is -0.247. The number of dihydropyridines is 1. The Balaban J connectivity index is 1.70. The highest BCUT2D eigenvalue weighted by atomic mass is 16.7. The molecule has 0 spiro atoms. The SMILES string of the molecule is CC1CCCC(C2C=C(B3OC(C(C)C)C(C)(C)O3)C=NC2)CC1. The van der Waals surface area contributed by atoms with Crippen LogP contribution in [0.25, 0.3) is 0 Å². The van der Waals surface area contributed by atoms with Gasteiger partial charge >= 0.3 is 7.12 Å². The lowest BCUT2D eigenvalue weighted by molar-refractivity contribution is 0.0438. The van der Waals surface area contributed by atoms with Crippen LogP contribution in [0.5, 0.6) is 0 Å². The molecule has 1 saturated carbocycles. The zero-order valence-electron chi connectivity index (χ0n) is 16.1. The maximum Gasteiger partial charge on any atom is 0.495 e. The van der Waals surface area contributed by atoms with Gasteiger partial charge in [0.15, 0.2) is 0 Å². The summed E-state index contributed by atoms with van der Waals surface area (Å²) in [6, 6.07) is 0. The molecule has 1 aliphatic carbocycles. The number of hydrogen-bond acceptors (Lipinski definition) is 3. The number of hydrogen-bond donors (Lipinski definition) is 0. The molecule has 0 N–H and O–H groups in total. The molecular formula is C20H34BNO2. The highest BCUT2D eigenvalue weighted by Gasteiger charge is 2.48. The fourth-order valence-corrected chi connectivity index (χ4v) is 4.77. The van der Waals surface area contributed by atoms with Gasteiger partial charge in [0.25, 0.3) is 0 Å². The molecule has 134 valence electrons. The standard InChI is InChI=1S/C20H34BNO2/c1-14(2)19-20(4,5)24-21(23-19)18-11-17(12-22-13-18)16-8-6-7-15(3)9-10-16/h11,13-17,19H,6-10,12H2,1-5H3. The van der Waals surface area contributed by atoms with E-state index in [1.165, 1.54) is 32.1 Å². The molecule has 2 heterocycles. The van der Waals surface area contributed by atoms with E-state index >= 15 is 0 Å². The van der Waals surface area contributed by atoms with Crippen molar-refractivity contribution in [3.05, 3.63) is 11.5 Å². The van der Waals surface area contributed by atoms with Crippen LogP contribution in [-0.4, -0.2) is 31.6 Å². The van der Waals surface area contributed by atoms with E-state index in [0.29, 0.717) is 11.8 Å². The molecule has 0 aromatic carbocycles. The van der Waals surface area contributed by atoms with Gasteiger partial charge in [-0.25, -0.2) is 0 Å². The average molecular weight is 331 g/mol. The smallest absolute Gasteiger partial charge is 0.401 e. The lowest BCUT2D eigenvalue weighted by Crippen LogP contribution is -2.36. The quantitative estimate of drug-likeness (QED) is 0.554. The van der Waals surface area contributed by atoms with Crippen LogP contribution < -0.4 is 0 Å². The molecule has 0 aromatic heterocycles. The minimum atomic E-state index is -0.247. The number of aliphatic imine (C=N–C) groups is 1. The normalized spacial score (nSPS) is 36.8. The molecule has 3 aliphatic rings. The molecule has 0 amide bonds. The highest BCUT2D eigenvalue weighted by Crippen LogP contribution is 2.37. The molecule has 3 nitrogen and oxygen atoms in total. The third-order valence-electron chi connectivity index (χ3n) is 6.11. The van der Waals surface area contributed by atoms with Gasteiger partial charge in [0.1, 0.15) is 0 Å². The summed E-state index contributed by atoms with van der Waals surface area (Å²) in [5, 5.41) is 0. The second-order valence-corrected chi connectivity index (χ2v) is 9.05. The molecule has 4 heteroatoms. The zero-order chi connectivity index (χ0) is 17.3. The van der Waals surface area contributed by atoms with Crippen molar-refractivity contribution in [2.45, 2.75) is 78.4 Å². The van der Waals surface area contributed by atoms with Gasteiger partial charge in [-0.3, -0.25) is 4.99 Å². The van der Waals surface area contributed by atoms with Crippen molar-refractivity contribution in [2.75, 3.05) is 6.54 Å². The molecule has 2 fully saturated rings. The monoisotopic (exact) mass is 331 g/mol. The summed E-state index contributed by atoms with van der Waals surface area (Å²) in [5.74, 6) is 2.67. The van der Waals surface area contributed by atoms with Gasteiger partial charge in [-0.2, -0.15) is 0 Å². The van der Waals surface area contributed by atoms with Crippen LogP contribution in [0.15, 0.2) is 16.5 Å². The highest BCUT2D eigenvalue weighted by molar-refractivity contribution is 6.60. The van der Waals surface area contributed by atoms with Crippen LogP contribution >= 0.6 is 0 Å². The maximum atomic E-state index is 6.27. The van der Waals surface area contributed by atoms with Gasteiger partial charge in [0.2, 0.25) is 0 Å². The predicted octanol–water partition coefficient (Wildman–Crippen LogP) is 4.71. The van der Waals surface area contributed by atoms with Crippen LogP contribution in [0.3, 0.4) is 0 Å². The first-order valence-electron chi connectivity index (χ1n) is 9.91. The van der Waals surface area contributed by atoms with Crippen molar-refractivity contribution >= 4 is 13.3 Å². The second kappa shape index (κ2) is 7.33. The van der Waals surface area contributed by atoms with Crippen molar-refractivity contribution in [2.24, 2.45) is 28.7 Å². The van der Waals surface area contributed by atoms with Crippen molar-refractivity contribution in [1.82, 2.24) is 0 Å². The Morgan fingerprint density at radius 3 is 2.71 bits per heavy atom. The summed E-state index contributed by atoms with van der Waals surface area (Å²) in [6.45, 7) is 12.0. The van der Waals surface area contributed by atoms with Crippen LogP contribution in [0.4, 0.5) is 0 Å². The van der Waals surface area contributed by atoms with E-state index in [-0.39, 0.29) is 18.8 Å². The van der Waals surface area contributed by atoms with Crippen LogP contribution in [0.2, 0.25) is 0 Å². The minimum Gasteiger partial charge on any atom is -0.401 e. The Labute approximate surface area is 148 Å². The Morgan fingerprint density at radius 1 is 1.21 bits per heavy atom. The van der Waals surface area contributed by atoms with Crippen molar-refractivity contribution in [3.8, 4) is 0 Å². The van der Waals surface area contributed by atoms with Gasteiger partial charge in [-0.1, -0.05) is 46.1 Å². The Hall–Kier alpha value is -0.605. The summed E-state index contributed by atoms with van der Waals surface area (Å²) in [5.41, 5.74) is 0.901. The van der Waals surface area contributed by atoms with E-state index in [4.69, 9.17) is 9.31 Å². The van der Waals surface area contributed by atoms with Crippen molar-refractivity contribution in [3.63, 3.8) is 0 Å². The van der Waals surface area contributed by atoms with E-state index in [1.807, 2.05) is 6.21 Å². The Morgan fingerprint density at radius 2 is 2.00 bits per heavy atom. The van der Waals surface area contributed by atoms with E-state index in [9.17, 15) is 0 Å². The Kier molecular flexibility index (Phi) is 5.56. The van der Waals surface area contributed by atoms with Crippen molar-refractivity contribution < 1.29 is 9.31 Å². The number of rotatable bonds is 3. The zero-order valence-corrected chi connectivity index (χ0v) is 16.1. The van der Waals surface area contributed by atoms with Crippen LogP contribution in [0, 0.1) is 23.7 Å². The summed E-state index contributed by atoms with van der Waals surface area (Å²) < 4.78 is 12.5. The first kappa shape index (κ1) is 18.2. The molecule has 0 radical (unpaired) electrons. The fourth-order valence-electron chi connectivity index (χ4n) is 4.77. The number of nitrogens with zero attached hydrogens (tertiary/aromatic N) is 1. The summed E-state index contributed by atoms with van der Waals surface area (Å²) >= 11 is 0. The van der Waals surface area contributed by atoms with Crippen LogP contribution in [0.1, 0.15) is 66.7 Å². The number of allylic oxidation sites excluding steroid dienone is 1. The van der Waals surface area contributed by atoms with Gasteiger partial charge in [-0.05, 0) is 55.8 Å². The van der Waals surface area contributed by atoms with E-state index in [2.05, 4.69) is 45.7 Å². The van der Waals surface area contributed by atoms with Gasteiger partial charge in [0, 0.05) is 12.8 Å². The Bertz CT molecular complexity index is 500. The van der Waals surface area contributed by atoms with E-state index < -0.39 is 0 Å². The molecule has 2 aliphatic heterocycles. The maximum absolute atomic E-state index is 6.27. The molecule has 3 rings (SSSR count). The first-order valence-corrected chi connectivity index (χ1v) is 9.91. The summed E-state index contributed by atoms with van der Waals surface area (Å²) in [6.07, 6.45) is 11.4. The lowest BCUT2D eigenvalue weighted by atomic mass is 9.73. The third kappa shape index (κ3) is 3.96. The second-order valence-electron chi connectivity index (χ2n) is 9.05. The van der Waals surface area contributed by atoms with Gasteiger partial charge in [-0.15, -0.1) is 0 Å². The lowest BCUT2D eigenvalue weighted by Gasteiger charge is -2.28. The molecule has 4 atom stereocenters. The fraction of sp³-hybridized carbons (Fsp3) is 0.850. The molecule has 1 saturated heterocycles. The third-order valence-corrected chi connectivity index (χ3v) is 6.11. The molecular weight excluding hydrogens is 297 g/mol. The topological polar surface area (TPSA) is 30.8 Å². The van der Waals surface area contributed by atoms with Crippen LogP contribution in [-0.2, 0) is 9.31 Å². The van der Waals surface area contributed by atoms with Gasteiger partial charge in [0.05, 0.1) is 11.7 Å². The largest absolute Gasteiger partial charge is 0.495 e. The average Bonchev–Trinajstić information content (AvgIpc) is 2.71. The van der Waals surface area contributed by atoms with E-state index in [1.54, 1.807) is 0 Å². The van der Waals surface area contributed by atoms with E-state index in [0.717, 1.165) is 23.9 Å². The summed E-state index contributed by atoms with van der Waals surface area (Å²) in [4.78, 5) is 4.67. The first-order chi connectivity index (χ1) is 11.4. The molecule has 0 aromatic rings. The van der Waals surface area contributed by atoms with Crippen molar-refractivity contribution in [1.29, 1.82) is 0 Å².